The van der Waals surface area contributed by atoms with E-state index in [-0.39, 0.29) is 11.8 Å². The fourth-order valence-corrected chi connectivity index (χ4v) is 5.69. The molecular formula is C26H25N3O2S3. The normalized spacial score (nSPS) is 14.7. The molecule has 1 aliphatic heterocycles. The van der Waals surface area contributed by atoms with Gasteiger partial charge in [0.1, 0.15) is 4.32 Å². The lowest BCUT2D eigenvalue weighted by Crippen LogP contribution is -2.29. The second kappa shape index (κ2) is 11.6. The van der Waals surface area contributed by atoms with Crippen LogP contribution in [0, 0.1) is 0 Å². The number of aromatic nitrogens is 1. The monoisotopic (exact) mass is 507 g/mol. The largest absolute Gasteiger partial charge is 0.302 e. The molecule has 8 heteroatoms. The average Bonchev–Trinajstić information content (AvgIpc) is 3.38. The molecule has 174 valence electrons. The number of benzene rings is 2. The molecule has 1 aromatic heterocycles. The van der Waals surface area contributed by atoms with Gasteiger partial charge in [-0.2, -0.15) is 0 Å². The van der Waals surface area contributed by atoms with Crippen LogP contribution in [0.1, 0.15) is 41.3 Å². The number of nitrogens with zero attached hydrogens (tertiary/aromatic N) is 2. The van der Waals surface area contributed by atoms with E-state index in [2.05, 4.69) is 41.5 Å². The highest BCUT2D eigenvalue weighted by molar-refractivity contribution is 8.26. The molecule has 3 aromatic rings. The molecule has 5 nitrogen and oxygen atoms in total. The van der Waals surface area contributed by atoms with Crippen LogP contribution < -0.4 is 5.32 Å². The van der Waals surface area contributed by atoms with E-state index < -0.39 is 0 Å². The molecule has 2 amide bonds. The molecule has 0 unspecified atom stereocenters. The average molecular weight is 508 g/mol. The molecule has 34 heavy (non-hydrogen) atoms. The number of hydrogen-bond acceptors (Lipinski definition) is 6. The summed E-state index contributed by atoms with van der Waals surface area (Å²) < 4.78 is 0.535. The Morgan fingerprint density at radius 1 is 1.12 bits per heavy atom. The summed E-state index contributed by atoms with van der Waals surface area (Å²) in [6.07, 6.45) is 6.27. The van der Waals surface area contributed by atoms with Gasteiger partial charge in [0, 0.05) is 30.5 Å². The minimum atomic E-state index is -0.113. The summed E-state index contributed by atoms with van der Waals surface area (Å²) in [5.41, 5.74) is 3.44. The van der Waals surface area contributed by atoms with Gasteiger partial charge in [-0.3, -0.25) is 14.5 Å². The number of hydrogen-bond donors (Lipinski definition) is 1. The lowest BCUT2D eigenvalue weighted by Gasteiger charge is -2.13. The topological polar surface area (TPSA) is 62.3 Å². The highest BCUT2D eigenvalue weighted by Crippen LogP contribution is 2.32. The molecule has 1 saturated heterocycles. The SMILES string of the molecule is CCc1ccc(/C=C2\SC(=S)N(CCCC(=O)Nc3ncc(Cc4ccccc4)s3)C2=O)cc1. The standard InChI is InChI=1S/C26H25N3O2S3/c1-2-18-10-12-20(13-11-18)16-22-24(31)29(26(32)34-22)14-6-9-23(30)28-25-27-17-21(33-25)15-19-7-4-3-5-8-19/h3-5,7-8,10-13,16-17H,2,6,9,14-15H2,1H3,(H,27,28,30)/b22-16-. The quantitative estimate of drug-likeness (QED) is 0.288. The summed E-state index contributed by atoms with van der Waals surface area (Å²) in [7, 11) is 0. The maximum Gasteiger partial charge on any atom is 0.266 e. The third-order valence-electron chi connectivity index (χ3n) is 5.37. The summed E-state index contributed by atoms with van der Waals surface area (Å²) in [5, 5.41) is 3.46. The Morgan fingerprint density at radius 2 is 1.88 bits per heavy atom. The number of amides is 2. The molecule has 2 heterocycles. The minimum Gasteiger partial charge on any atom is -0.302 e. The number of aryl methyl sites for hydroxylation is 1. The first kappa shape index (κ1) is 24.3. The van der Waals surface area contributed by atoms with Gasteiger partial charge in [-0.25, -0.2) is 4.98 Å². The van der Waals surface area contributed by atoms with E-state index in [1.165, 1.54) is 34.2 Å². The van der Waals surface area contributed by atoms with Crippen LogP contribution in [-0.2, 0) is 22.4 Å². The summed E-state index contributed by atoms with van der Waals surface area (Å²) in [6.45, 7) is 2.53. The van der Waals surface area contributed by atoms with E-state index in [0.717, 1.165) is 23.3 Å². The first-order chi connectivity index (χ1) is 16.5. The smallest absolute Gasteiger partial charge is 0.266 e. The molecular weight excluding hydrogens is 483 g/mol. The second-order valence-corrected chi connectivity index (χ2v) is 10.7. The Morgan fingerprint density at radius 3 is 2.62 bits per heavy atom. The van der Waals surface area contributed by atoms with Gasteiger partial charge in [0.2, 0.25) is 5.91 Å². The van der Waals surface area contributed by atoms with E-state index in [4.69, 9.17) is 12.2 Å². The number of carbonyl (C=O) groups is 2. The first-order valence-corrected chi connectivity index (χ1v) is 13.2. The van der Waals surface area contributed by atoms with E-state index in [1.807, 2.05) is 36.4 Å². The number of rotatable bonds is 9. The third-order valence-corrected chi connectivity index (χ3v) is 7.66. The van der Waals surface area contributed by atoms with E-state index in [1.54, 1.807) is 11.1 Å². The lowest BCUT2D eigenvalue weighted by molar-refractivity contribution is -0.122. The van der Waals surface area contributed by atoms with Crippen molar-refractivity contribution < 1.29 is 9.59 Å². The van der Waals surface area contributed by atoms with Gasteiger partial charge in [-0.1, -0.05) is 85.5 Å². The zero-order valence-corrected chi connectivity index (χ0v) is 21.3. The van der Waals surface area contributed by atoms with Gasteiger partial charge in [0.25, 0.3) is 5.91 Å². The van der Waals surface area contributed by atoms with Crippen molar-refractivity contribution in [3.8, 4) is 0 Å². The van der Waals surface area contributed by atoms with Gasteiger partial charge < -0.3 is 5.32 Å². The predicted molar refractivity (Wildman–Crippen MR) is 145 cm³/mol. The van der Waals surface area contributed by atoms with Crippen LogP contribution in [0.5, 0.6) is 0 Å². The van der Waals surface area contributed by atoms with Crippen molar-refractivity contribution in [2.75, 3.05) is 11.9 Å². The van der Waals surface area contributed by atoms with Crippen LogP contribution in [0.3, 0.4) is 0 Å². The van der Waals surface area contributed by atoms with Crippen molar-refractivity contribution in [1.29, 1.82) is 0 Å². The fraction of sp³-hybridized carbons (Fsp3) is 0.231. The summed E-state index contributed by atoms with van der Waals surface area (Å²) >= 11 is 8.20. The van der Waals surface area contributed by atoms with Crippen LogP contribution >= 0.6 is 35.3 Å². The van der Waals surface area contributed by atoms with Crippen LogP contribution in [0.4, 0.5) is 5.13 Å². The van der Waals surface area contributed by atoms with E-state index in [9.17, 15) is 9.59 Å². The van der Waals surface area contributed by atoms with E-state index >= 15 is 0 Å². The number of nitrogens with one attached hydrogen (secondary N) is 1. The molecule has 0 spiro atoms. The Balaban J connectivity index is 1.25. The van der Waals surface area contributed by atoms with Gasteiger partial charge in [-0.05, 0) is 35.6 Å². The lowest BCUT2D eigenvalue weighted by atomic mass is 10.1. The Kier molecular flexibility index (Phi) is 8.26. The van der Waals surface area contributed by atoms with E-state index in [0.29, 0.717) is 33.7 Å². The van der Waals surface area contributed by atoms with Crippen molar-refractivity contribution in [3.63, 3.8) is 0 Å². The molecule has 0 radical (unpaired) electrons. The second-order valence-electron chi connectivity index (χ2n) is 7.87. The molecule has 2 aromatic carbocycles. The van der Waals surface area contributed by atoms with Gasteiger partial charge in [0.15, 0.2) is 5.13 Å². The van der Waals surface area contributed by atoms with Gasteiger partial charge in [-0.15, -0.1) is 11.3 Å². The number of thiocarbonyl (C=S) groups is 1. The number of anilines is 1. The molecule has 0 atom stereocenters. The molecule has 1 fully saturated rings. The maximum absolute atomic E-state index is 12.8. The third kappa shape index (κ3) is 6.40. The highest BCUT2D eigenvalue weighted by Gasteiger charge is 2.31. The van der Waals surface area contributed by atoms with Crippen molar-refractivity contribution >= 4 is 62.7 Å². The predicted octanol–water partition coefficient (Wildman–Crippen LogP) is 5.92. The zero-order valence-electron chi connectivity index (χ0n) is 18.8. The van der Waals surface area contributed by atoms with Gasteiger partial charge in [0.05, 0.1) is 4.91 Å². The number of thiazole rings is 1. The molecule has 0 bridgehead atoms. The van der Waals surface area contributed by atoms with Gasteiger partial charge >= 0.3 is 0 Å². The number of thioether (sulfide) groups is 1. The van der Waals surface area contributed by atoms with Crippen molar-refractivity contribution in [2.24, 2.45) is 0 Å². The molecule has 0 saturated carbocycles. The van der Waals surface area contributed by atoms with Crippen molar-refractivity contribution in [3.05, 3.63) is 87.3 Å². The Bertz CT molecular complexity index is 1200. The summed E-state index contributed by atoms with van der Waals surface area (Å²) in [6, 6.07) is 18.3. The summed E-state index contributed by atoms with van der Waals surface area (Å²) in [4.78, 5) is 32.8. The number of carbonyl (C=O) groups excluding carboxylic acids is 2. The van der Waals surface area contributed by atoms with Crippen molar-refractivity contribution in [1.82, 2.24) is 9.88 Å². The Hall–Kier alpha value is -2.81. The molecule has 4 rings (SSSR count). The molecule has 1 aliphatic rings. The summed E-state index contributed by atoms with van der Waals surface area (Å²) in [5.74, 6) is -0.210. The van der Waals surface area contributed by atoms with Crippen LogP contribution in [-0.4, -0.2) is 32.6 Å². The molecule has 1 N–H and O–H groups in total. The molecule has 0 aliphatic carbocycles. The first-order valence-electron chi connectivity index (χ1n) is 11.1. The highest BCUT2D eigenvalue weighted by atomic mass is 32.2. The fourth-order valence-electron chi connectivity index (χ4n) is 3.52. The maximum atomic E-state index is 12.8. The van der Waals surface area contributed by atoms with Crippen molar-refractivity contribution in [2.45, 2.75) is 32.6 Å². The van der Waals surface area contributed by atoms with Crippen LogP contribution in [0.2, 0.25) is 0 Å². The minimum absolute atomic E-state index is 0.0968. The zero-order chi connectivity index (χ0) is 23.9. The van der Waals surface area contributed by atoms with Crippen LogP contribution in [0.15, 0.2) is 65.7 Å². The Labute approximate surface area is 213 Å². The van der Waals surface area contributed by atoms with Crippen LogP contribution in [0.25, 0.3) is 6.08 Å².